The molecule has 7 nitrogen and oxygen atoms in total. The molecule has 2 heterocycles. The summed E-state index contributed by atoms with van der Waals surface area (Å²) in [6.07, 6.45) is 3.25. The van der Waals surface area contributed by atoms with Crippen LogP contribution in [0.1, 0.15) is 40.0 Å². The fourth-order valence-electron chi connectivity index (χ4n) is 3.60. The minimum atomic E-state index is -0.0130. The number of guanidine groups is 1. The molecule has 0 aromatic heterocycles. The van der Waals surface area contributed by atoms with Gasteiger partial charge in [-0.1, -0.05) is 0 Å². The van der Waals surface area contributed by atoms with E-state index in [1.165, 1.54) is 0 Å². The van der Waals surface area contributed by atoms with Crippen molar-refractivity contribution in [1.82, 2.24) is 20.0 Å². The minimum Gasteiger partial charge on any atom is -0.382 e. The molecule has 27 heavy (non-hydrogen) atoms. The highest BCUT2D eigenvalue weighted by Gasteiger charge is 2.30. The molecule has 0 aromatic carbocycles. The first kappa shape index (κ1) is 24.4. The lowest BCUT2D eigenvalue weighted by Crippen LogP contribution is -2.57. The molecule has 2 fully saturated rings. The molecular weight excluding hydrogens is 457 g/mol. The summed E-state index contributed by atoms with van der Waals surface area (Å²) in [5.74, 6) is 1.29. The average molecular weight is 495 g/mol. The molecule has 0 spiro atoms. The SMILES string of the molecule is CCNC(=NCCCOCC)N1CCN(C(C)C(=O)N2CCCC2)CC1.I. The van der Waals surface area contributed by atoms with E-state index in [1.807, 2.05) is 11.8 Å². The van der Waals surface area contributed by atoms with Crippen molar-refractivity contribution in [3.63, 3.8) is 0 Å². The van der Waals surface area contributed by atoms with Gasteiger partial charge in [0.15, 0.2) is 5.96 Å². The molecule has 2 saturated heterocycles. The van der Waals surface area contributed by atoms with E-state index in [4.69, 9.17) is 9.73 Å². The number of likely N-dealkylation sites (tertiary alicyclic amines) is 1. The lowest BCUT2D eigenvalue weighted by molar-refractivity contribution is -0.135. The van der Waals surface area contributed by atoms with Gasteiger partial charge in [0.2, 0.25) is 5.91 Å². The molecule has 158 valence electrons. The first-order chi connectivity index (χ1) is 12.7. The van der Waals surface area contributed by atoms with Gasteiger partial charge in [0.1, 0.15) is 0 Å². The van der Waals surface area contributed by atoms with E-state index in [0.717, 1.165) is 90.8 Å². The Hall–Kier alpha value is -0.610. The highest BCUT2D eigenvalue weighted by molar-refractivity contribution is 14.0. The second kappa shape index (κ2) is 13.5. The van der Waals surface area contributed by atoms with E-state index >= 15 is 0 Å². The number of hydrogen-bond acceptors (Lipinski definition) is 4. The maximum atomic E-state index is 12.6. The zero-order valence-corrected chi connectivity index (χ0v) is 19.6. The third-order valence-corrected chi connectivity index (χ3v) is 5.18. The van der Waals surface area contributed by atoms with Crippen molar-refractivity contribution < 1.29 is 9.53 Å². The van der Waals surface area contributed by atoms with E-state index < -0.39 is 0 Å². The summed E-state index contributed by atoms with van der Waals surface area (Å²) >= 11 is 0. The van der Waals surface area contributed by atoms with Crippen LogP contribution in [0.25, 0.3) is 0 Å². The molecule has 2 aliphatic heterocycles. The molecular formula is C19H38IN5O2. The van der Waals surface area contributed by atoms with E-state index in [2.05, 4.69) is 29.0 Å². The quantitative estimate of drug-likeness (QED) is 0.240. The summed E-state index contributed by atoms with van der Waals surface area (Å²) in [5, 5.41) is 3.40. The molecule has 0 aliphatic carbocycles. The summed E-state index contributed by atoms with van der Waals surface area (Å²) in [5.41, 5.74) is 0. The summed E-state index contributed by atoms with van der Waals surface area (Å²) in [4.78, 5) is 24.0. The summed E-state index contributed by atoms with van der Waals surface area (Å²) in [6.45, 7) is 14.9. The van der Waals surface area contributed by atoms with Gasteiger partial charge in [-0.25, -0.2) is 0 Å². The highest BCUT2D eigenvalue weighted by Crippen LogP contribution is 2.14. The number of amides is 1. The normalized spacial score (nSPS) is 19.7. The molecule has 0 bridgehead atoms. The van der Waals surface area contributed by atoms with Crippen molar-refractivity contribution in [2.24, 2.45) is 4.99 Å². The maximum absolute atomic E-state index is 12.6. The van der Waals surface area contributed by atoms with E-state index in [-0.39, 0.29) is 30.0 Å². The molecule has 2 rings (SSSR count). The van der Waals surface area contributed by atoms with Crippen molar-refractivity contribution in [1.29, 1.82) is 0 Å². The Bertz CT molecular complexity index is 449. The topological polar surface area (TPSA) is 60.4 Å². The van der Waals surface area contributed by atoms with Gasteiger partial charge in [-0.3, -0.25) is 14.7 Å². The highest BCUT2D eigenvalue weighted by atomic mass is 127. The van der Waals surface area contributed by atoms with Crippen LogP contribution in [0.5, 0.6) is 0 Å². The van der Waals surface area contributed by atoms with Crippen molar-refractivity contribution in [2.45, 2.75) is 46.1 Å². The monoisotopic (exact) mass is 495 g/mol. The van der Waals surface area contributed by atoms with Gasteiger partial charge in [0.25, 0.3) is 0 Å². The summed E-state index contributed by atoms with van der Waals surface area (Å²) < 4.78 is 5.38. The fourth-order valence-corrected chi connectivity index (χ4v) is 3.60. The van der Waals surface area contributed by atoms with Crippen LogP contribution in [0.15, 0.2) is 4.99 Å². The first-order valence-corrected chi connectivity index (χ1v) is 10.3. The minimum absolute atomic E-state index is 0. The number of nitrogens with zero attached hydrogens (tertiary/aromatic N) is 4. The van der Waals surface area contributed by atoms with Crippen LogP contribution in [-0.2, 0) is 9.53 Å². The Morgan fingerprint density at radius 2 is 1.74 bits per heavy atom. The fraction of sp³-hybridized carbons (Fsp3) is 0.895. The first-order valence-electron chi connectivity index (χ1n) is 10.3. The number of aliphatic imine (C=N–C) groups is 1. The zero-order valence-electron chi connectivity index (χ0n) is 17.3. The maximum Gasteiger partial charge on any atom is 0.239 e. The molecule has 1 unspecified atom stereocenters. The van der Waals surface area contributed by atoms with Crippen LogP contribution < -0.4 is 5.32 Å². The average Bonchev–Trinajstić information content (AvgIpc) is 3.21. The lowest BCUT2D eigenvalue weighted by Gasteiger charge is -2.39. The number of rotatable bonds is 8. The Kier molecular flexibility index (Phi) is 12.3. The zero-order chi connectivity index (χ0) is 18.8. The van der Waals surface area contributed by atoms with Gasteiger partial charge in [-0.05, 0) is 40.0 Å². The Labute approximate surface area is 181 Å². The van der Waals surface area contributed by atoms with Gasteiger partial charge in [0.05, 0.1) is 6.04 Å². The number of carbonyl (C=O) groups excluding carboxylic acids is 1. The van der Waals surface area contributed by atoms with Gasteiger partial charge < -0.3 is 19.9 Å². The summed E-state index contributed by atoms with van der Waals surface area (Å²) in [7, 11) is 0. The molecule has 0 aromatic rings. The Balaban J connectivity index is 0.00000364. The van der Waals surface area contributed by atoms with Crippen molar-refractivity contribution in [3.05, 3.63) is 0 Å². The summed E-state index contributed by atoms with van der Waals surface area (Å²) in [6, 6.07) is -0.0130. The van der Waals surface area contributed by atoms with Crippen LogP contribution in [-0.4, -0.2) is 98.2 Å². The third kappa shape index (κ3) is 7.73. The van der Waals surface area contributed by atoms with Crippen molar-refractivity contribution in [2.75, 3.05) is 65.6 Å². The third-order valence-electron chi connectivity index (χ3n) is 5.18. The molecule has 1 atom stereocenters. The molecule has 2 aliphatic rings. The smallest absolute Gasteiger partial charge is 0.239 e. The van der Waals surface area contributed by atoms with Crippen LogP contribution in [0, 0.1) is 0 Å². The number of ether oxygens (including phenoxy) is 1. The lowest BCUT2D eigenvalue weighted by atomic mass is 10.2. The van der Waals surface area contributed by atoms with Gasteiger partial charge in [-0.2, -0.15) is 0 Å². The predicted octanol–water partition coefficient (Wildman–Crippen LogP) is 1.63. The van der Waals surface area contributed by atoms with E-state index in [9.17, 15) is 4.79 Å². The molecule has 8 heteroatoms. The van der Waals surface area contributed by atoms with Crippen LogP contribution >= 0.6 is 24.0 Å². The second-order valence-electron chi connectivity index (χ2n) is 7.02. The number of piperazine rings is 1. The molecule has 1 N–H and O–H groups in total. The van der Waals surface area contributed by atoms with Crippen molar-refractivity contribution >= 4 is 35.8 Å². The molecule has 0 saturated carbocycles. The standard InChI is InChI=1S/C19H37N5O2.HI/c1-4-20-19(21-9-8-16-26-5-2)24-14-12-22(13-15-24)17(3)18(25)23-10-6-7-11-23;/h17H,4-16H2,1-3H3,(H,20,21);1H. The second-order valence-corrected chi connectivity index (χ2v) is 7.02. The predicted molar refractivity (Wildman–Crippen MR) is 121 cm³/mol. The van der Waals surface area contributed by atoms with Crippen LogP contribution in [0.3, 0.4) is 0 Å². The number of carbonyl (C=O) groups is 1. The van der Waals surface area contributed by atoms with Crippen LogP contribution in [0.2, 0.25) is 0 Å². The molecule has 1 amide bonds. The van der Waals surface area contributed by atoms with Gasteiger partial charge in [-0.15, -0.1) is 24.0 Å². The van der Waals surface area contributed by atoms with E-state index in [0.29, 0.717) is 5.91 Å². The van der Waals surface area contributed by atoms with Crippen LogP contribution in [0.4, 0.5) is 0 Å². The molecule has 0 radical (unpaired) electrons. The van der Waals surface area contributed by atoms with E-state index in [1.54, 1.807) is 0 Å². The van der Waals surface area contributed by atoms with Gasteiger partial charge in [0, 0.05) is 65.6 Å². The van der Waals surface area contributed by atoms with Crippen molar-refractivity contribution in [3.8, 4) is 0 Å². The Morgan fingerprint density at radius 1 is 1.07 bits per heavy atom. The number of nitrogens with one attached hydrogen (secondary N) is 1. The Morgan fingerprint density at radius 3 is 2.33 bits per heavy atom. The number of hydrogen-bond donors (Lipinski definition) is 1. The number of halogens is 1. The van der Waals surface area contributed by atoms with Gasteiger partial charge >= 0.3 is 0 Å². The largest absolute Gasteiger partial charge is 0.382 e.